The van der Waals surface area contributed by atoms with Crippen molar-refractivity contribution in [1.29, 1.82) is 0 Å². The topological polar surface area (TPSA) is 104 Å². The zero-order chi connectivity index (χ0) is 23.2. The van der Waals surface area contributed by atoms with Gasteiger partial charge in [0.25, 0.3) is 11.8 Å². The first-order chi connectivity index (χ1) is 14.6. The van der Waals surface area contributed by atoms with E-state index in [1.54, 1.807) is 48.5 Å². The van der Waals surface area contributed by atoms with E-state index in [0.717, 1.165) is 10.5 Å². The van der Waals surface area contributed by atoms with Crippen LogP contribution in [0.2, 0.25) is 0 Å². The molecule has 0 aliphatic carbocycles. The number of amides is 2. The van der Waals surface area contributed by atoms with Crippen molar-refractivity contribution < 1.29 is 24.3 Å². The summed E-state index contributed by atoms with van der Waals surface area (Å²) in [5.41, 5.74) is 0.440. The molecule has 2 N–H and O–H groups in total. The summed E-state index contributed by atoms with van der Waals surface area (Å²) in [5.74, 6) is 3.92. The Hall–Kier alpha value is -3.76. The Morgan fingerprint density at radius 1 is 0.935 bits per heavy atom. The van der Waals surface area contributed by atoms with Gasteiger partial charge in [-0.15, -0.1) is 0 Å². The van der Waals surface area contributed by atoms with Gasteiger partial charge in [0.15, 0.2) is 17.1 Å². The van der Waals surface area contributed by atoms with Crippen LogP contribution in [0, 0.1) is 11.8 Å². The summed E-state index contributed by atoms with van der Waals surface area (Å²) in [6.07, 6.45) is 0. The van der Waals surface area contributed by atoms with Crippen LogP contribution in [0.25, 0.3) is 0 Å². The van der Waals surface area contributed by atoms with E-state index in [2.05, 4.69) is 17.2 Å². The average Bonchev–Trinajstić information content (AvgIpc) is 2.80. The molecule has 0 saturated heterocycles. The molecule has 0 spiro atoms. The lowest BCUT2D eigenvalue weighted by atomic mass is 9.92. The van der Waals surface area contributed by atoms with Crippen LogP contribution in [0.4, 0.5) is 0 Å². The maximum absolute atomic E-state index is 12.9. The Labute approximate surface area is 181 Å². The highest BCUT2D eigenvalue weighted by molar-refractivity contribution is 6.14. The van der Waals surface area contributed by atoms with Crippen LogP contribution < -0.4 is 5.32 Å². The monoisotopic (exact) mass is 420 g/mol. The number of carbonyl (C=O) groups is 4. The number of hydrogen-bond donors (Lipinski definition) is 2. The Bertz CT molecular complexity index is 1040. The largest absolute Gasteiger partial charge is 0.388 e. The highest BCUT2D eigenvalue weighted by atomic mass is 16.3. The molecule has 7 nitrogen and oxygen atoms in total. The number of ketones is 2. The lowest BCUT2D eigenvalue weighted by Crippen LogP contribution is -2.62. The maximum Gasteiger partial charge on any atom is 0.254 e. The Balaban J connectivity index is 2.22. The molecule has 0 aromatic heterocycles. The summed E-state index contributed by atoms with van der Waals surface area (Å²) in [6, 6.07) is 13.3. The van der Waals surface area contributed by atoms with Gasteiger partial charge in [0.2, 0.25) is 0 Å². The van der Waals surface area contributed by atoms with Crippen molar-refractivity contribution in [3.63, 3.8) is 0 Å². The van der Waals surface area contributed by atoms with E-state index in [-0.39, 0.29) is 11.3 Å². The van der Waals surface area contributed by atoms with E-state index in [0.29, 0.717) is 11.1 Å². The molecule has 1 atom stereocenters. The predicted molar refractivity (Wildman–Crippen MR) is 116 cm³/mol. The number of Topliss-reactive ketones (excluding diaryl/α,β-unsaturated/α-hetero) is 2. The van der Waals surface area contributed by atoms with Gasteiger partial charge in [-0.3, -0.25) is 19.2 Å². The maximum atomic E-state index is 12.9. The minimum atomic E-state index is -1.84. The van der Waals surface area contributed by atoms with Gasteiger partial charge in [-0.1, -0.05) is 24.0 Å². The Kier molecular flexibility index (Phi) is 7.46. The highest BCUT2D eigenvalue weighted by Crippen LogP contribution is 2.19. The van der Waals surface area contributed by atoms with Crippen molar-refractivity contribution in [2.45, 2.75) is 19.4 Å². The van der Waals surface area contributed by atoms with E-state index < -0.39 is 29.7 Å². The predicted octanol–water partition coefficient (Wildman–Crippen LogP) is 1.43. The van der Waals surface area contributed by atoms with Gasteiger partial charge in [-0.25, -0.2) is 0 Å². The van der Waals surface area contributed by atoms with Crippen LogP contribution in [-0.2, 0) is 9.59 Å². The number of benzene rings is 2. The molecule has 0 unspecified atom stereocenters. The fourth-order valence-electron chi connectivity index (χ4n) is 2.89. The molecule has 31 heavy (non-hydrogen) atoms. The first-order valence-corrected chi connectivity index (χ1v) is 9.52. The fraction of sp³-hybridized carbons (Fsp3) is 0.250. The Morgan fingerprint density at radius 2 is 1.39 bits per heavy atom. The third-order valence-electron chi connectivity index (χ3n) is 5.11. The van der Waals surface area contributed by atoms with Crippen molar-refractivity contribution in [3.05, 3.63) is 70.8 Å². The molecule has 0 radical (unpaired) electrons. The summed E-state index contributed by atoms with van der Waals surface area (Å²) in [4.78, 5) is 49.7. The molecule has 2 aromatic carbocycles. The molecule has 2 rings (SSSR count). The first-order valence-electron chi connectivity index (χ1n) is 9.52. The van der Waals surface area contributed by atoms with Crippen LogP contribution in [0.3, 0.4) is 0 Å². The zero-order valence-corrected chi connectivity index (χ0v) is 17.9. The van der Waals surface area contributed by atoms with E-state index in [1.807, 2.05) is 0 Å². The molecular weight excluding hydrogens is 396 g/mol. The number of rotatable bonds is 6. The SMILES string of the molecule is CNC(=O)[C@@](C)(C(=O)CO)N(C)C(=O)c1ccc(C#Cc2ccc(C(C)=O)cc2)cc1. The standard InChI is InChI=1S/C24H24N2O5/c1-16(28)19-11-7-17(8-12-19)5-6-18-9-13-20(14-10-18)22(30)26(4)24(2,21(29)15-27)23(31)25-3/h7-14,27H,15H2,1-4H3,(H,25,31)/t24-/m1/s1. The third kappa shape index (κ3) is 5.05. The van der Waals surface area contributed by atoms with Crippen molar-refractivity contribution >= 4 is 23.4 Å². The normalized spacial score (nSPS) is 12.0. The number of carbonyl (C=O) groups excluding carboxylic acids is 4. The molecule has 7 heteroatoms. The molecule has 0 aliphatic heterocycles. The van der Waals surface area contributed by atoms with Crippen molar-refractivity contribution in [2.24, 2.45) is 0 Å². The summed E-state index contributed by atoms with van der Waals surface area (Å²) in [7, 11) is 2.69. The van der Waals surface area contributed by atoms with Gasteiger partial charge in [-0.2, -0.15) is 0 Å². The number of likely N-dealkylation sites (N-methyl/N-ethyl adjacent to an activating group) is 2. The van der Waals surface area contributed by atoms with Gasteiger partial charge < -0.3 is 15.3 Å². The minimum absolute atomic E-state index is 0.0158. The minimum Gasteiger partial charge on any atom is -0.388 e. The summed E-state index contributed by atoms with van der Waals surface area (Å²) in [6.45, 7) is 1.92. The van der Waals surface area contributed by atoms with Gasteiger partial charge in [0.05, 0.1) is 0 Å². The zero-order valence-electron chi connectivity index (χ0n) is 17.9. The number of aliphatic hydroxyl groups excluding tert-OH is 1. The van der Waals surface area contributed by atoms with E-state index in [4.69, 9.17) is 0 Å². The molecule has 0 bridgehead atoms. The molecule has 160 valence electrons. The van der Waals surface area contributed by atoms with Crippen LogP contribution in [0.15, 0.2) is 48.5 Å². The van der Waals surface area contributed by atoms with Gasteiger partial charge in [0, 0.05) is 36.3 Å². The fourth-order valence-corrected chi connectivity index (χ4v) is 2.89. The lowest BCUT2D eigenvalue weighted by molar-refractivity contribution is -0.143. The molecule has 0 fully saturated rings. The second kappa shape index (κ2) is 9.83. The molecule has 0 aliphatic rings. The average molecular weight is 420 g/mol. The number of nitrogens with zero attached hydrogens (tertiary/aromatic N) is 1. The molecule has 2 amide bonds. The molecule has 2 aromatic rings. The van der Waals surface area contributed by atoms with E-state index in [9.17, 15) is 24.3 Å². The molecular formula is C24H24N2O5. The number of nitrogens with one attached hydrogen (secondary N) is 1. The van der Waals surface area contributed by atoms with E-state index >= 15 is 0 Å². The first kappa shape index (κ1) is 23.5. The van der Waals surface area contributed by atoms with Crippen molar-refractivity contribution in [3.8, 4) is 11.8 Å². The van der Waals surface area contributed by atoms with Crippen molar-refractivity contribution in [2.75, 3.05) is 20.7 Å². The second-order valence-electron chi connectivity index (χ2n) is 7.06. The highest BCUT2D eigenvalue weighted by Gasteiger charge is 2.46. The summed E-state index contributed by atoms with van der Waals surface area (Å²) < 4.78 is 0. The molecule has 0 saturated carbocycles. The van der Waals surface area contributed by atoms with E-state index in [1.165, 1.54) is 27.9 Å². The van der Waals surface area contributed by atoms with Crippen molar-refractivity contribution in [1.82, 2.24) is 10.2 Å². The number of aliphatic hydroxyl groups is 1. The van der Waals surface area contributed by atoms with Crippen LogP contribution in [-0.4, -0.2) is 59.6 Å². The Morgan fingerprint density at radius 3 is 1.77 bits per heavy atom. The van der Waals surface area contributed by atoms with Gasteiger partial charge in [0.1, 0.15) is 6.61 Å². The number of hydrogen-bond acceptors (Lipinski definition) is 5. The second-order valence-corrected chi connectivity index (χ2v) is 7.06. The van der Waals surface area contributed by atoms with Crippen LogP contribution in [0.5, 0.6) is 0 Å². The van der Waals surface area contributed by atoms with Gasteiger partial charge in [-0.05, 0) is 50.2 Å². The summed E-state index contributed by atoms with van der Waals surface area (Å²) in [5, 5.41) is 11.6. The lowest BCUT2D eigenvalue weighted by Gasteiger charge is -2.35. The smallest absolute Gasteiger partial charge is 0.254 e. The third-order valence-corrected chi connectivity index (χ3v) is 5.11. The quantitative estimate of drug-likeness (QED) is 0.418. The van der Waals surface area contributed by atoms with Gasteiger partial charge >= 0.3 is 0 Å². The summed E-state index contributed by atoms with van der Waals surface area (Å²) >= 11 is 0. The van der Waals surface area contributed by atoms with Crippen LogP contribution in [0.1, 0.15) is 45.7 Å². The van der Waals surface area contributed by atoms with Crippen LogP contribution >= 0.6 is 0 Å². The molecule has 0 heterocycles.